The van der Waals surface area contributed by atoms with E-state index in [-0.39, 0.29) is 5.41 Å². The molecule has 56 valence electrons. The summed E-state index contributed by atoms with van der Waals surface area (Å²) in [7, 11) is 0. The van der Waals surface area contributed by atoms with Crippen molar-refractivity contribution in [1.29, 1.82) is 0 Å². The summed E-state index contributed by atoms with van der Waals surface area (Å²) in [6, 6.07) is 0. The van der Waals surface area contributed by atoms with E-state index in [4.69, 9.17) is 0 Å². The van der Waals surface area contributed by atoms with Crippen molar-refractivity contribution < 1.29 is 0 Å². The molecule has 0 bridgehead atoms. The van der Waals surface area contributed by atoms with E-state index in [9.17, 15) is 0 Å². The average Bonchev–Trinajstić information content (AvgIpc) is 1.95. The maximum absolute atomic E-state index is 3.44. The first-order chi connectivity index (χ1) is 4.45. The van der Waals surface area contributed by atoms with Crippen molar-refractivity contribution >= 4 is 0 Å². The summed E-state index contributed by atoms with van der Waals surface area (Å²) < 4.78 is 0. The van der Waals surface area contributed by atoms with Crippen LogP contribution in [-0.2, 0) is 0 Å². The topological polar surface area (TPSA) is 0 Å². The van der Waals surface area contributed by atoms with Crippen molar-refractivity contribution in [2.75, 3.05) is 0 Å². The summed E-state index contributed by atoms with van der Waals surface area (Å²) in [6.07, 6.45) is 3.44. The van der Waals surface area contributed by atoms with Crippen LogP contribution < -0.4 is 0 Å². The Morgan fingerprint density at radius 3 is 1.70 bits per heavy atom. The Morgan fingerprint density at radius 1 is 1.10 bits per heavy atom. The van der Waals surface area contributed by atoms with Gasteiger partial charge in [0, 0.05) is 0 Å². The van der Waals surface area contributed by atoms with E-state index in [2.05, 4.69) is 40.7 Å². The van der Waals surface area contributed by atoms with E-state index < -0.39 is 0 Å². The van der Waals surface area contributed by atoms with Gasteiger partial charge in [-0.2, -0.15) is 11.1 Å². The van der Waals surface area contributed by atoms with Gasteiger partial charge in [-0.1, -0.05) is 33.1 Å². The van der Waals surface area contributed by atoms with Gasteiger partial charge in [-0.3, -0.25) is 6.08 Å². The van der Waals surface area contributed by atoms with Crippen LogP contribution >= 0.6 is 0 Å². The summed E-state index contributed by atoms with van der Waals surface area (Å²) in [4.78, 5) is 0. The van der Waals surface area contributed by atoms with Crippen LogP contribution in [0.15, 0.2) is 16.7 Å². The largest absolute Gasteiger partial charge is 0.263 e. The van der Waals surface area contributed by atoms with E-state index >= 15 is 0 Å². The Kier molecular flexibility index (Phi) is 1.50. The van der Waals surface area contributed by atoms with Gasteiger partial charge in [0.25, 0.3) is 0 Å². The smallest absolute Gasteiger partial charge is 0.0607 e. The number of hydrogen-bond acceptors (Lipinski definition) is 0. The van der Waals surface area contributed by atoms with E-state index in [1.54, 1.807) is 0 Å². The van der Waals surface area contributed by atoms with Gasteiger partial charge in [0.05, 0.1) is 0 Å². The molecular weight excluding hydrogens is 120 g/mol. The van der Waals surface area contributed by atoms with Gasteiger partial charge in [0.1, 0.15) is 0 Å². The molecule has 1 rings (SSSR count). The molecule has 1 aliphatic carbocycles. The predicted molar refractivity (Wildman–Crippen MR) is 44.6 cm³/mol. The Bertz CT molecular complexity index is 214. The lowest BCUT2D eigenvalue weighted by Crippen LogP contribution is -2.06. The fraction of sp³-hybridized carbons (Fsp3) is 0.600. The van der Waals surface area contributed by atoms with Crippen molar-refractivity contribution in [3.63, 3.8) is 0 Å². The van der Waals surface area contributed by atoms with Crippen molar-refractivity contribution in [3.05, 3.63) is 22.8 Å². The molecule has 0 saturated heterocycles. The van der Waals surface area contributed by atoms with Crippen LogP contribution in [0.25, 0.3) is 0 Å². The third kappa shape index (κ3) is 0.920. The average molecular weight is 135 g/mol. The first kappa shape index (κ1) is 7.59. The highest BCUT2D eigenvalue weighted by Gasteiger charge is 2.14. The zero-order valence-corrected chi connectivity index (χ0v) is 7.50. The van der Waals surface area contributed by atoms with Crippen LogP contribution in [0, 0.1) is 11.5 Å². The zero-order valence-electron chi connectivity index (χ0n) is 7.50. The third-order valence-corrected chi connectivity index (χ3v) is 2.56. The van der Waals surface area contributed by atoms with Crippen LogP contribution in [0.3, 0.4) is 0 Å². The normalized spacial score (nSPS) is 23.5. The molecule has 10 heavy (non-hydrogen) atoms. The lowest BCUT2D eigenvalue weighted by molar-refractivity contribution is 0.568. The number of allylic oxidation sites excluding steroid dienone is 4. The first-order valence-corrected chi connectivity index (χ1v) is 3.75. The van der Waals surface area contributed by atoms with Crippen molar-refractivity contribution in [3.8, 4) is 0 Å². The molecule has 0 radical (unpaired) electrons. The molecule has 0 saturated carbocycles. The summed E-state index contributed by atoms with van der Waals surface area (Å²) in [5.74, 6) is 0. The molecule has 1 aliphatic rings. The molecule has 0 heteroatoms. The van der Waals surface area contributed by atoms with Gasteiger partial charge in [-0.25, -0.2) is 5.57 Å². The summed E-state index contributed by atoms with van der Waals surface area (Å²) in [5, 5.41) is 0. The maximum Gasteiger partial charge on any atom is -0.0607 e. The van der Waals surface area contributed by atoms with Crippen LogP contribution in [0.2, 0.25) is 0 Å². The fourth-order valence-corrected chi connectivity index (χ4v) is 1.41. The summed E-state index contributed by atoms with van der Waals surface area (Å²) in [6.45, 7) is 10.9. The molecular formula is C10H15-. The summed E-state index contributed by atoms with van der Waals surface area (Å²) >= 11 is 0. The molecule has 0 heterocycles. The van der Waals surface area contributed by atoms with Crippen LogP contribution in [0.1, 0.15) is 34.6 Å². The van der Waals surface area contributed by atoms with Gasteiger partial charge in [-0.15, -0.1) is 6.92 Å². The number of rotatable bonds is 0. The summed E-state index contributed by atoms with van der Waals surface area (Å²) in [5.41, 5.74) is 4.39. The molecule has 0 N–H and O–H groups in total. The molecule has 0 fully saturated rings. The monoisotopic (exact) mass is 135 g/mol. The molecule has 0 aromatic carbocycles. The molecule has 0 aromatic heterocycles. The van der Waals surface area contributed by atoms with Crippen LogP contribution in [-0.4, -0.2) is 0 Å². The second kappa shape index (κ2) is 1.98. The molecule has 0 aromatic rings. The van der Waals surface area contributed by atoms with Gasteiger partial charge < -0.3 is 0 Å². The highest BCUT2D eigenvalue weighted by atomic mass is 14.3. The standard InChI is InChI=1S/C10H15/c1-7-6-10(4,5)9(3)8(7)2/h1-5H3/q-1. The minimum atomic E-state index is 0.189. The van der Waals surface area contributed by atoms with Crippen LogP contribution in [0.4, 0.5) is 0 Å². The van der Waals surface area contributed by atoms with E-state index in [1.165, 1.54) is 16.7 Å². The predicted octanol–water partition coefficient (Wildman–Crippen LogP) is 3.11. The Labute approximate surface area is 63.6 Å². The van der Waals surface area contributed by atoms with Gasteiger partial charge in [0.2, 0.25) is 0 Å². The molecule has 0 nitrogen and oxygen atoms in total. The van der Waals surface area contributed by atoms with E-state index in [1.807, 2.05) is 0 Å². The molecule has 0 unspecified atom stereocenters. The van der Waals surface area contributed by atoms with Gasteiger partial charge in [-0.05, 0) is 0 Å². The second-order valence-electron chi connectivity index (χ2n) is 3.62. The fourth-order valence-electron chi connectivity index (χ4n) is 1.41. The molecule has 0 spiro atoms. The van der Waals surface area contributed by atoms with Crippen LogP contribution in [0.5, 0.6) is 0 Å². The third-order valence-electron chi connectivity index (χ3n) is 2.56. The van der Waals surface area contributed by atoms with Crippen molar-refractivity contribution in [1.82, 2.24) is 0 Å². The zero-order chi connectivity index (χ0) is 7.94. The minimum Gasteiger partial charge on any atom is -0.263 e. The van der Waals surface area contributed by atoms with Gasteiger partial charge in [0.15, 0.2) is 0 Å². The quantitative estimate of drug-likeness (QED) is 0.448. The first-order valence-electron chi connectivity index (χ1n) is 3.75. The molecule has 0 atom stereocenters. The highest BCUT2D eigenvalue weighted by molar-refractivity contribution is 5.41. The Morgan fingerprint density at radius 2 is 1.60 bits per heavy atom. The lowest BCUT2D eigenvalue weighted by Gasteiger charge is -2.26. The number of hydrogen-bond donors (Lipinski definition) is 0. The lowest BCUT2D eigenvalue weighted by atomic mass is 9.88. The van der Waals surface area contributed by atoms with Crippen molar-refractivity contribution in [2.45, 2.75) is 34.6 Å². The SMILES string of the molecule is CC1=[C-]C(C)(C)C(C)=C1C. The van der Waals surface area contributed by atoms with Crippen molar-refractivity contribution in [2.24, 2.45) is 5.41 Å². The highest BCUT2D eigenvalue weighted by Crippen LogP contribution is 2.38. The maximum atomic E-state index is 3.44. The van der Waals surface area contributed by atoms with E-state index in [0.29, 0.717) is 0 Å². The van der Waals surface area contributed by atoms with Gasteiger partial charge >= 0.3 is 0 Å². The minimum absolute atomic E-state index is 0.189. The Hall–Kier alpha value is -0.520. The molecule has 0 amide bonds. The second-order valence-corrected chi connectivity index (χ2v) is 3.62. The van der Waals surface area contributed by atoms with E-state index in [0.717, 1.165) is 0 Å². The molecule has 0 aliphatic heterocycles. The Balaban J connectivity index is 3.12.